The van der Waals surface area contributed by atoms with Crippen LogP contribution in [0.1, 0.15) is 20.7 Å². The topological polar surface area (TPSA) is 116 Å². The Morgan fingerprint density at radius 1 is 0.889 bits per heavy atom. The standard InChI is InChI=1S/C19H16N2O5S/c1-26-19(23)15-5-3-12-10-14(4-2-13(12)11-15)18(22)21-16-6-8-17(9-7-16)27(20,24)25/h2-11H,1H3,(H,21,22)(H2,20,24,25). The summed E-state index contributed by atoms with van der Waals surface area (Å²) in [5.41, 5.74) is 1.29. The molecule has 0 heterocycles. The number of nitrogens with one attached hydrogen (secondary N) is 1. The predicted molar refractivity (Wildman–Crippen MR) is 101 cm³/mol. The summed E-state index contributed by atoms with van der Waals surface area (Å²) < 4.78 is 27.2. The number of rotatable bonds is 4. The van der Waals surface area contributed by atoms with E-state index in [0.717, 1.165) is 10.8 Å². The molecule has 1 amide bonds. The number of primary sulfonamides is 1. The number of carbonyl (C=O) groups is 2. The van der Waals surface area contributed by atoms with Gasteiger partial charge in [-0.3, -0.25) is 4.79 Å². The van der Waals surface area contributed by atoms with Gasteiger partial charge in [0.1, 0.15) is 0 Å². The molecule has 3 aromatic carbocycles. The largest absolute Gasteiger partial charge is 0.465 e. The van der Waals surface area contributed by atoms with Crippen LogP contribution in [0.4, 0.5) is 5.69 Å². The summed E-state index contributed by atoms with van der Waals surface area (Å²) in [4.78, 5) is 24.0. The van der Waals surface area contributed by atoms with E-state index in [9.17, 15) is 18.0 Å². The summed E-state index contributed by atoms with van der Waals surface area (Å²) in [5.74, 6) is -0.779. The van der Waals surface area contributed by atoms with Crippen molar-refractivity contribution in [2.75, 3.05) is 12.4 Å². The highest BCUT2D eigenvalue weighted by Crippen LogP contribution is 2.20. The number of fused-ring (bicyclic) bond motifs is 1. The van der Waals surface area contributed by atoms with Crippen molar-refractivity contribution >= 4 is 38.4 Å². The van der Waals surface area contributed by atoms with Crippen molar-refractivity contribution in [1.29, 1.82) is 0 Å². The number of hydrogen-bond acceptors (Lipinski definition) is 5. The van der Waals surface area contributed by atoms with Crippen LogP contribution in [-0.4, -0.2) is 27.4 Å². The molecule has 0 aliphatic rings. The van der Waals surface area contributed by atoms with Crippen LogP contribution in [0.3, 0.4) is 0 Å². The van der Waals surface area contributed by atoms with Gasteiger partial charge in [-0.2, -0.15) is 0 Å². The van der Waals surface area contributed by atoms with Crippen LogP contribution >= 0.6 is 0 Å². The van der Waals surface area contributed by atoms with Crippen molar-refractivity contribution in [2.45, 2.75) is 4.90 Å². The molecule has 0 bridgehead atoms. The van der Waals surface area contributed by atoms with Gasteiger partial charge in [0.25, 0.3) is 5.91 Å². The minimum Gasteiger partial charge on any atom is -0.465 e. The molecule has 0 aliphatic heterocycles. The summed E-state index contributed by atoms with van der Waals surface area (Å²) in [6, 6.07) is 15.7. The number of ether oxygens (including phenoxy) is 1. The Bertz CT molecular complexity index is 1140. The molecule has 3 N–H and O–H groups in total. The number of methoxy groups -OCH3 is 1. The fourth-order valence-electron chi connectivity index (χ4n) is 2.56. The Balaban J connectivity index is 1.82. The Morgan fingerprint density at radius 3 is 2.00 bits per heavy atom. The summed E-state index contributed by atoms with van der Waals surface area (Å²) in [6.45, 7) is 0. The van der Waals surface area contributed by atoms with E-state index >= 15 is 0 Å². The SMILES string of the molecule is COC(=O)c1ccc2cc(C(=O)Nc3ccc(S(N)(=O)=O)cc3)ccc2c1. The number of benzene rings is 3. The van der Waals surface area contributed by atoms with Gasteiger partial charge in [-0.25, -0.2) is 18.4 Å². The quantitative estimate of drug-likeness (QED) is 0.671. The van der Waals surface area contributed by atoms with Crippen molar-refractivity contribution in [3.05, 3.63) is 71.8 Å². The normalized spacial score (nSPS) is 11.2. The van der Waals surface area contributed by atoms with Crippen molar-refractivity contribution in [3.8, 4) is 0 Å². The maximum atomic E-state index is 12.4. The van der Waals surface area contributed by atoms with Gasteiger partial charge in [-0.15, -0.1) is 0 Å². The summed E-state index contributed by atoms with van der Waals surface area (Å²) >= 11 is 0. The zero-order valence-corrected chi connectivity index (χ0v) is 15.1. The first-order valence-corrected chi connectivity index (χ1v) is 9.39. The van der Waals surface area contributed by atoms with Gasteiger partial charge >= 0.3 is 5.97 Å². The number of sulfonamides is 1. The molecule has 0 fully saturated rings. The molecule has 3 aromatic rings. The van der Waals surface area contributed by atoms with Crippen LogP contribution in [0.5, 0.6) is 0 Å². The lowest BCUT2D eigenvalue weighted by atomic mass is 10.0. The summed E-state index contributed by atoms with van der Waals surface area (Å²) in [7, 11) is -2.47. The second-order valence-corrected chi connectivity index (χ2v) is 7.35. The molecule has 0 spiro atoms. The molecule has 7 nitrogen and oxygen atoms in total. The third-order valence-corrected chi connectivity index (χ3v) is 4.89. The first kappa shape index (κ1) is 18.6. The molecule has 0 aromatic heterocycles. The number of amides is 1. The second-order valence-electron chi connectivity index (χ2n) is 5.79. The number of hydrogen-bond donors (Lipinski definition) is 2. The van der Waals surface area contributed by atoms with Crippen LogP contribution in [0.2, 0.25) is 0 Å². The Labute approximate surface area is 155 Å². The number of anilines is 1. The van der Waals surface area contributed by atoms with E-state index < -0.39 is 16.0 Å². The van der Waals surface area contributed by atoms with Crippen LogP contribution < -0.4 is 10.5 Å². The second kappa shape index (κ2) is 7.18. The molecule has 0 saturated heterocycles. The predicted octanol–water partition coefficient (Wildman–Crippen LogP) is 2.53. The van der Waals surface area contributed by atoms with Crippen molar-refractivity contribution in [3.63, 3.8) is 0 Å². The fraction of sp³-hybridized carbons (Fsp3) is 0.0526. The number of esters is 1. The average molecular weight is 384 g/mol. The summed E-state index contributed by atoms with van der Waals surface area (Å²) in [6.07, 6.45) is 0. The Kier molecular flexibility index (Phi) is 4.93. The lowest BCUT2D eigenvalue weighted by Crippen LogP contribution is -2.13. The molecule has 27 heavy (non-hydrogen) atoms. The van der Waals surface area contributed by atoms with Gasteiger partial charge in [-0.05, 0) is 59.3 Å². The lowest BCUT2D eigenvalue weighted by molar-refractivity contribution is 0.0600. The minimum absolute atomic E-state index is 0.0346. The molecule has 8 heteroatoms. The van der Waals surface area contributed by atoms with Gasteiger partial charge in [-0.1, -0.05) is 12.1 Å². The van der Waals surface area contributed by atoms with Gasteiger partial charge < -0.3 is 10.1 Å². The zero-order chi connectivity index (χ0) is 19.6. The van der Waals surface area contributed by atoms with E-state index in [1.165, 1.54) is 31.4 Å². The third-order valence-electron chi connectivity index (χ3n) is 3.96. The Morgan fingerprint density at radius 2 is 1.44 bits per heavy atom. The molecule has 3 rings (SSSR count). The molecular weight excluding hydrogens is 368 g/mol. The first-order valence-electron chi connectivity index (χ1n) is 7.84. The molecule has 0 aliphatic carbocycles. The third kappa shape index (κ3) is 4.13. The van der Waals surface area contributed by atoms with Crippen molar-refractivity contribution in [1.82, 2.24) is 0 Å². The van der Waals surface area contributed by atoms with E-state index in [2.05, 4.69) is 5.32 Å². The zero-order valence-electron chi connectivity index (χ0n) is 14.3. The average Bonchev–Trinajstić information content (AvgIpc) is 2.66. The van der Waals surface area contributed by atoms with Gasteiger partial charge in [0.15, 0.2) is 0 Å². The van der Waals surface area contributed by atoms with Gasteiger partial charge in [0, 0.05) is 11.3 Å². The first-order chi connectivity index (χ1) is 12.8. The van der Waals surface area contributed by atoms with Crippen LogP contribution in [0.25, 0.3) is 10.8 Å². The number of carbonyl (C=O) groups excluding carboxylic acids is 2. The molecule has 0 radical (unpaired) electrons. The van der Waals surface area contributed by atoms with Gasteiger partial charge in [0.05, 0.1) is 17.6 Å². The van der Waals surface area contributed by atoms with Gasteiger partial charge in [0.2, 0.25) is 10.0 Å². The highest BCUT2D eigenvalue weighted by molar-refractivity contribution is 7.89. The van der Waals surface area contributed by atoms with Crippen molar-refractivity contribution < 1.29 is 22.7 Å². The fourth-order valence-corrected chi connectivity index (χ4v) is 3.08. The van der Waals surface area contributed by atoms with E-state index in [-0.39, 0.29) is 10.8 Å². The van der Waals surface area contributed by atoms with E-state index in [1.807, 2.05) is 0 Å². The highest BCUT2D eigenvalue weighted by Gasteiger charge is 2.11. The maximum Gasteiger partial charge on any atom is 0.337 e. The number of nitrogens with two attached hydrogens (primary N) is 1. The lowest BCUT2D eigenvalue weighted by Gasteiger charge is -2.08. The Hall–Kier alpha value is -3.23. The minimum atomic E-state index is -3.78. The molecule has 0 unspecified atom stereocenters. The smallest absolute Gasteiger partial charge is 0.337 e. The van der Waals surface area contributed by atoms with Crippen LogP contribution in [0, 0.1) is 0 Å². The molecule has 0 atom stereocenters. The van der Waals surface area contributed by atoms with E-state index in [1.54, 1.807) is 36.4 Å². The molecule has 138 valence electrons. The monoisotopic (exact) mass is 384 g/mol. The summed E-state index contributed by atoms with van der Waals surface area (Å²) in [5, 5.41) is 9.33. The highest BCUT2D eigenvalue weighted by atomic mass is 32.2. The van der Waals surface area contributed by atoms with E-state index in [0.29, 0.717) is 16.8 Å². The van der Waals surface area contributed by atoms with Crippen LogP contribution in [0.15, 0.2) is 65.6 Å². The van der Waals surface area contributed by atoms with Crippen molar-refractivity contribution in [2.24, 2.45) is 5.14 Å². The maximum absolute atomic E-state index is 12.4. The molecule has 0 saturated carbocycles. The van der Waals surface area contributed by atoms with Crippen LogP contribution in [-0.2, 0) is 14.8 Å². The molecular formula is C19H16N2O5S. The van der Waals surface area contributed by atoms with E-state index in [4.69, 9.17) is 9.88 Å².